The molecule has 2 rings (SSSR count). The van der Waals surface area contributed by atoms with Gasteiger partial charge >= 0.3 is 12.1 Å². The van der Waals surface area contributed by atoms with Crippen molar-refractivity contribution in [2.45, 2.75) is 38.6 Å². The second kappa shape index (κ2) is 7.76. The van der Waals surface area contributed by atoms with E-state index in [2.05, 4.69) is 10.3 Å². The van der Waals surface area contributed by atoms with Crippen molar-refractivity contribution < 1.29 is 29.3 Å². The summed E-state index contributed by atoms with van der Waals surface area (Å²) in [7, 11) is 1.28. The Morgan fingerprint density at radius 1 is 1.27 bits per heavy atom. The van der Waals surface area contributed by atoms with Crippen molar-refractivity contribution in [3.63, 3.8) is 0 Å². The van der Waals surface area contributed by atoms with Crippen LogP contribution in [0.25, 0.3) is 10.9 Å². The van der Waals surface area contributed by atoms with Gasteiger partial charge in [-0.25, -0.2) is 9.59 Å². The number of ether oxygens (including phenoxy) is 2. The predicted octanol–water partition coefficient (Wildman–Crippen LogP) is 1.87. The van der Waals surface area contributed by atoms with Crippen LogP contribution in [0.3, 0.4) is 0 Å². The fraction of sp³-hybridized carbons (Fsp3) is 0.444. The molecule has 0 spiro atoms. The van der Waals surface area contributed by atoms with E-state index in [1.54, 1.807) is 39.0 Å². The zero-order chi connectivity index (χ0) is 19.5. The molecular weight excluding hydrogens is 340 g/mol. The van der Waals surface area contributed by atoms with Crippen molar-refractivity contribution in [2.75, 3.05) is 13.7 Å². The molecule has 26 heavy (non-hydrogen) atoms. The lowest BCUT2D eigenvalue weighted by atomic mass is 10.0. The maximum absolute atomic E-state index is 11.8. The third-order valence-electron chi connectivity index (χ3n) is 3.67. The summed E-state index contributed by atoms with van der Waals surface area (Å²) in [5.41, 5.74) is 0.776. The van der Waals surface area contributed by atoms with Crippen LogP contribution in [0.1, 0.15) is 42.8 Å². The molecule has 1 aromatic carbocycles. The number of aliphatic hydroxyl groups excluding tert-OH is 2. The van der Waals surface area contributed by atoms with Crippen LogP contribution < -0.4 is 5.32 Å². The first-order chi connectivity index (χ1) is 12.1. The van der Waals surface area contributed by atoms with Crippen molar-refractivity contribution in [1.29, 1.82) is 0 Å². The average molecular weight is 364 g/mol. The first kappa shape index (κ1) is 19.7. The number of amides is 1. The summed E-state index contributed by atoms with van der Waals surface area (Å²) in [6.07, 6.45) is -1.67. The highest BCUT2D eigenvalue weighted by atomic mass is 16.6. The van der Waals surface area contributed by atoms with Gasteiger partial charge in [-0.1, -0.05) is 6.07 Å². The number of fused-ring (bicyclic) bond motifs is 1. The summed E-state index contributed by atoms with van der Waals surface area (Å²) >= 11 is 0. The van der Waals surface area contributed by atoms with Gasteiger partial charge in [0.25, 0.3) is 0 Å². The minimum Gasteiger partial charge on any atom is -0.465 e. The number of hydrogen-bond acceptors (Lipinski definition) is 6. The number of benzene rings is 1. The highest BCUT2D eigenvalue weighted by molar-refractivity contribution is 6.04. The molecule has 4 N–H and O–H groups in total. The highest BCUT2D eigenvalue weighted by Crippen LogP contribution is 2.25. The Bertz CT molecular complexity index is 793. The molecule has 0 aliphatic rings. The third kappa shape index (κ3) is 4.74. The van der Waals surface area contributed by atoms with E-state index in [1.807, 2.05) is 0 Å². The first-order valence-electron chi connectivity index (χ1n) is 8.14. The largest absolute Gasteiger partial charge is 0.465 e. The van der Waals surface area contributed by atoms with Crippen LogP contribution in [-0.4, -0.2) is 52.6 Å². The monoisotopic (exact) mass is 364 g/mol. The third-order valence-corrected chi connectivity index (χ3v) is 3.67. The van der Waals surface area contributed by atoms with Crippen molar-refractivity contribution in [3.8, 4) is 0 Å². The number of aromatic nitrogens is 1. The van der Waals surface area contributed by atoms with Crippen molar-refractivity contribution in [1.82, 2.24) is 10.3 Å². The number of hydrogen-bond donors (Lipinski definition) is 4. The van der Waals surface area contributed by atoms with Gasteiger partial charge in [0.15, 0.2) is 0 Å². The number of carbonyl (C=O) groups is 2. The molecule has 8 heteroatoms. The Hall–Kier alpha value is -2.58. The second-order valence-electron chi connectivity index (χ2n) is 6.89. The molecule has 0 aliphatic carbocycles. The van der Waals surface area contributed by atoms with E-state index in [0.717, 1.165) is 0 Å². The second-order valence-corrected chi connectivity index (χ2v) is 6.89. The molecule has 0 fully saturated rings. The lowest BCUT2D eigenvalue weighted by Gasteiger charge is -2.22. The Kier molecular flexibility index (Phi) is 5.89. The number of esters is 1. The average Bonchev–Trinajstić information content (AvgIpc) is 2.99. The number of carbonyl (C=O) groups excluding carboxylic acids is 2. The van der Waals surface area contributed by atoms with Crippen molar-refractivity contribution >= 4 is 23.0 Å². The summed E-state index contributed by atoms with van der Waals surface area (Å²) in [5, 5.41) is 23.5. The standard InChI is InChI=1S/C18H24N2O6/c1-18(2,3)26-17(24)20-9-14(21)15(22)10-5-6-13-11(7-10)12(8-19-13)16(23)25-4/h5-8,14-15,19,21-22H,9H2,1-4H3,(H,20,24). The van der Waals surface area contributed by atoms with Crippen molar-refractivity contribution in [2.24, 2.45) is 0 Å². The summed E-state index contributed by atoms with van der Waals surface area (Å²) in [5.74, 6) is -0.505. The number of methoxy groups -OCH3 is 1. The van der Waals surface area contributed by atoms with Crippen LogP contribution in [0.5, 0.6) is 0 Å². The van der Waals surface area contributed by atoms with Gasteiger partial charge in [0.1, 0.15) is 17.8 Å². The Labute approximate surface area is 151 Å². The molecule has 0 bridgehead atoms. The maximum atomic E-state index is 11.8. The molecule has 0 saturated carbocycles. The normalized spacial score (nSPS) is 13.9. The summed E-state index contributed by atoms with van der Waals surface area (Å²) < 4.78 is 9.80. The number of H-pyrrole nitrogens is 1. The summed E-state index contributed by atoms with van der Waals surface area (Å²) in [6, 6.07) is 4.91. The molecule has 1 aromatic heterocycles. The van der Waals surface area contributed by atoms with Crippen LogP contribution in [0.15, 0.2) is 24.4 Å². The highest BCUT2D eigenvalue weighted by Gasteiger charge is 2.22. The molecule has 142 valence electrons. The summed E-state index contributed by atoms with van der Waals surface area (Å²) in [6.45, 7) is 4.99. The van der Waals surface area contributed by atoms with Gasteiger partial charge in [-0.15, -0.1) is 0 Å². The number of rotatable bonds is 5. The van der Waals surface area contributed by atoms with Gasteiger partial charge in [0.2, 0.25) is 0 Å². The molecule has 2 unspecified atom stereocenters. The molecule has 2 aromatic rings. The lowest BCUT2D eigenvalue weighted by Crippen LogP contribution is -2.38. The topological polar surface area (TPSA) is 121 Å². The van der Waals surface area contributed by atoms with Crippen LogP contribution in [-0.2, 0) is 9.47 Å². The van der Waals surface area contributed by atoms with Crippen LogP contribution in [0.4, 0.5) is 4.79 Å². The molecule has 0 saturated heterocycles. The van der Waals surface area contributed by atoms with E-state index in [0.29, 0.717) is 22.0 Å². The molecule has 2 atom stereocenters. The number of aromatic amines is 1. The van der Waals surface area contributed by atoms with Gasteiger partial charge in [-0.05, 0) is 38.5 Å². The van der Waals surface area contributed by atoms with Crippen LogP contribution in [0.2, 0.25) is 0 Å². The molecule has 1 heterocycles. The fourth-order valence-corrected chi connectivity index (χ4v) is 2.44. The van der Waals surface area contributed by atoms with E-state index in [1.165, 1.54) is 13.3 Å². The molecule has 1 amide bonds. The van der Waals surface area contributed by atoms with Crippen LogP contribution in [0, 0.1) is 0 Å². The molecule has 8 nitrogen and oxygen atoms in total. The molecule has 0 aliphatic heterocycles. The Morgan fingerprint density at radius 3 is 2.58 bits per heavy atom. The SMILES string of the molecule is COC(=O)c1c[nH]c2ccc(C(O)C(O)CNC(=O)OC(C)(C)C)cc12. The quantitative estimate of drug-likeness (QED) is 0.601. The van der Waals surface area contributed by atoms with Crippen LogP contribution >= 0.6 is 0 Å². The smallest absolute Gasteiger partial charge is 0.407 e. The Morgan fingerprint density at radius 2 is 1.96 bits per heavy atom. The minimum absolute atomic E-state index is 0.189. The fourth-order valence-electron chi connectivity index (χ4n) is 2.44. The lowest BCUT2D eigenvalue weighted by molar-refractivity contribution is 0.0130. The van der Waals surface area contributed by atoms with E-state index in [9.17, 15) is 19.8 Å². The predicted molar refractivity (Wildman–Crippen MR) is 94.8 cm³/mol. The van der Waals surface area contributed by atoms with Gasteiger partial charge in [-0.2, -0.15) is 0 Å². The zero-order valence-electron chi connectivity index (χ0n) is 15.2. The number of nitrogens with one attached hydrogen (secondary N) is 2. The van der Waals surface area contributed by atoms with Gasteiger partial charge in [-0.3, -0.25) is 0 Å². The number of aliphatic hydroxyl groups is 2. The Balaban J connectivity index is 2.09. The van der Waals surface area contributed by atoms with Gasteiger partial charge in [0.05, 0.1) is 12.7 Å². The zero-order valence-corrected chi connectivity index (χ0v) is 15.2. The van der Waals surface area contributed by atoms with E-state index in [-0.39, 0.29) is 6.54 Å². The molecular formula is C18H24N2O6. The van der Waals surface area contributed by atoms with E-state index < -0.39 is 29.9 Å². The van der Waals surface area contributed by atoms with E-state index >= 15 is 0 Å². The van der Waals surface area contributed by atoms with Gasteiger partial charge in [0, 0.05) is 23.6 Å². The minimum atomic E-state index is -1.25. The van der Waals surface area contributed by atoms with E-state index in [4.69, 9.17) is 9.47 Å². The van der Waals surface area contributed by atoms with Crippen molar-refractivity contribution in [3.05, 3.63) is 35.5 Å². The first-order valence-corrected chi connectivity index (χ1v) is 8.14. The summed E-state index contributed by atoms with van der Waals surface area (Å²) in [4.78, 5) is 26.4. The van der Waals surface area contributed by atoms with Gasteiger partial charge < -0.3 is 30.0 Å². The number of alkyl carbamates (subject to hydrolysis) is 1. The maximum Gasteiger partial charge on any atom is 0.407 e. The molecule has 0 radical (unpaired) electrons.